The van der Waals surface area contributed by atoms with Crippen LogP contribution in [0.25, 0.3) is 0 Å². The molecule has 2 N–H and O–H groups in total. The first kappa shape index (κ1) is 19.1. The first-order valence-electron chi connectivity index (χ1n) is 8.19. The highest BCUT2D eigenvalue weighted by atomic mass is 16.6. The topological polar surface area (TPSA) is 119 Å². The molecule has 1 heterocycles. The lowest BCUT2D eigenvalue weighted by Crippen LogP contribution is -2.45. The number of benzene rings is 1. The number of amides is 2. The van der Waals surface area contributed by atoms with Gasteiger partial charge in [-0.2, -0.15) is 5.10 Å². The van der Waals surface area contributed by atoms with E-state index in [4.69, 9.17) is 0 Å². The highest BCUT2D eigenvalue weighted by Crippen LogP contribution is 2.13. The van der Waals surface area contributed by atoms with Gasteiger partial charge in [0.15, 0.2) is 0 Å². The Morgan fingerprint density at radius 3 is 2.81 bits per heavy atom. The summed E-state index contributed by atoms with van der Waals surface area (Å²) in [6.45, 7) is 4.65. The number of hydrogen-bond acceptors (Lipinski definition) is 5. The highest BCUT2D eigenvalue weighted by Gasteiger charge is 2.17. The fourth-order valence-electron chi connectivity index (χ4n) is 2.30. The van der Waals surface area contributed by atoms with Gasteiger partial charge in [-0.05, 0) is 31.9 Å². The zero-order valence-corrected chi connectivity index (χ0v) is 14.6. The van der Waals surface area contributed by atoms with E-state index >= 15 is 0 Å². The summed E-state index contributed by atoms with van der Waals surface area (Å²) < 4.78 is 1.80. The third-order valence-corrected chi connectivity index (χ3v) is 3.69. The van der Waals surface area contributed by atoms with Gasteiger partial charge >= 0.3 is 0 Å². The van der Waals surface area contributed by atoms with Crippen LogP contribution in [-0.4, -0.2) is 39.1 Å². The van der Waals surface area contributed by atoms with Crippen LogP contribution in [0.2, 0.25) is 0 Å². The Labute approximate surface area is 150 Å². The molecule has 9 heteroatoms. The summed E-state index contributed by atoms with van der Waals surface area (Å²) in [5, 5.41) is 20.2. The normalized spacial score (nSPS) is 11.6. The Morgan fingerprint density at radius 2 is 2.15 bits per heavy atom. The molecule has 1 unspecified atom stereocenters. The molecule has 26 heavy (non-hydrogen) atoms. The molecule has 2 aromatic rings. The van der Waals surface area contributed by atoms with Crippen LogP contribution in [0.3, 0.4) is 0 Å². The standard InChI is InChI=1S/C17H21N5O4/c1-12-10-19-21(11-12)8-4-7-18-16(23)13(2)20-17(24)14-5-3-6-15(9-14)22(25)26/h3,5-6,9-11,13H,4,7-8H2,1-2H3,(H,18,23)(H,20,24). The Hall–Kier alpha value is -3.23. The minimum Gasteiger partial charge on any atom is -0.354 e. The molecule has 2 amide bonds. The van der Waals surface area contributed by atoms with Crippen molar-refractivity contribution in [2.75, 3.05) is 6.54 Å². The van der Waals surface area contributed by atoms with Gasteiger partial charge in [-0.15, -0.1) is 0 Å². The second-order valence-corrected chi connectivity index (χ2v) is 5.93. The fourth-order valence-corrected chi connectivity index (χ4v) is 2.30. The van der Waals surface area contributed by atoms with E-state index in [1.807, 2.05) is 13.1 Å². The SMILES string of the molecule is Cc1cnn(CCCNC(=O)C(C)NC(=O)c2cccc([N+](=O)[O-])c2)c1. The largest absolute Gasteiger partial charge is 0.354 e. The van der Waals surface area contributed by atoms with Crippen LogP contribution in [0, 0.1) is 17.0 Å². The zero-order valence-electron chi connectivity index (χ0n) is 14.6. The Balaban J connectivity index is 1.78. The summed E-state index contributed by atoms with van der Waals surface area (Å²) in [6, 6.07) is 4.60. The zero-order chi connectivity index (χ0) is 19.1. The van der Waals surface area contributed by atoms with Crippen LogP contribution in [0.5, 0.6) is 0 Å². The Kier molecular flexibility index (Phi) is 6.42. The van der Waals surface area contributed by atoms with Gasteiger partial charge in [0.2, 0.25) is 5.91 Å². The minimum absolute atomic E-state index is 0.132. The number of nitro benzene ring substituents is 1. The van der Waals surface area contributed by atoms with Gasteiger partial charge < -0.3 is 10.6 Å². The minimum atomic E-state index is -0.756. The van der Waals surface area contributed by atoms with Crippen molar-refractivity contribution in [2.45, 2.75) is 32.9 Å². The summed E-state index contributed by atoms with van der Waals surface area (Å²) in [7, 11) is 0. The smallest absolute Gasteiger partial charge is 0.270 e. The van der Waals surface area contributed by atoms with Gasteiger partial charge in [0.25, 0.3) is 11.6 Å². The van der Waals surface area contributed by atoms with E-state index in [0.717, 1.165) is 5.56 Å². The Morgan fingerprint density at radius 1 is 1.38 bits per heavy atom. The van der Waals surface area contributed by atoms with Crippen LogP contribution in [-0.2, 0) is 11.3 Å². The van der Waals surface area contributed by atoms with Crippen LogP contribution in [0.15, 0.2) is 36.7 Å². The van der Waals surface area contributed by atoms with Gasteiger partial charge in [-0.3, -0.25) is 24.4 Å². The molecule has 0 bridgehead atoms. The number of carbonyl (C=O) groups excluding carboxylic acids is 2. The third-order valence-electron chi connectivity index (χ3n) is 3.69. The lowest BCUT2D eigenvalue weighted by atomic mass is 10.1. The van der Waals surface area contributed by atoms with Crippen molar-refractivity contribution in [2.24, 2.45) is 0 Å². The quantitative estimate of drug-likeness (QED) is 0.420. The lowest BCUT2D eigenvalue weighted by molar-refractivity contribution is -0.384. The van der Waals surface area contributed by atoms with Crippen LogP contribution >= 0.6 is 0 Å². The van der Waals surface area contributed by atoms with Gasteiger partial charge in [0.1, 0.15) is 6.04 Å². The second kappa shape index (κ2) is 8.75. The van der Waals surface area contributed by atoms with E-state index in [1.165, 1.54) is 24.3 Å². The molecule has 0 saturated carbocycles. The predicted molar refractivity (Wildman–Crippen MR) is 94.6 cm³/mol. The maximum absolute atomic E-state index is 12.1. The maximum atomic E-state index is 12.1. The van der Waals surface area contributed by atoms with E-state index in [9.17, 15) is 19.7 Å². The van der Waals surface area contributed by atoms with Crippen molar-refractivity contribution in [3.63, 3.8) is 0 Å². The van der Waals surface area contributed by atoms with Crippen molar-refractivity contribution in [3.05, 3.63) is 57.9 Å². The molecule has 0 aliphatic heterocycles. The molecule has 0 saturated heterocycles. The molecule has 0 radical (unpaired) electrons. The molecule has 0 aliphatic rings. The maximum Gasteiger partial charge on any atom is 0.270 e. The highest BCUT2D eigenvalue weighted by molar-refractivity contribution is 5.97. The number of nitrogens with zero attached hydrogens (tertiary/aromatic N) is 3. The molecular weight excluding hydrogens is 338 g/mol. The number of aryl methyl sites for hydroxylation is 2. The first-order valence-corrected chi connectivity index (χ1v) is 8.19. The molecular formula is C17H21N5O4. The summed E-state index contributed by atoms with van der Waals surface area (Å²) in [5.41, 5.74) is 1.03. The Bertz CT molecular complexity index is 802. The fraction of sp³-hybridized carbons (Fsp3) is 0.353. The van der Waals surface area contributed by atoms with E-state index in [-0.39, 0.29) is 17.2 Å². The summed E-state index contributed by atoms with van der Waals surface area (Å²) in [4.78, 5) is 34.4. The van der Waals surface area contributed by atoms with Crippen LogP contribution < -0.4 is 10.6 Å². The molecule has 1 aromatic heterocycles. The van der Waals surface area contributed by atoms with Crippen molar-refractivity contribution in [1.82, 2.24) is 20.4 Å². The number of rotatable bonds is 8. The molecule has 138 valence electrons. The second-order valence-electron chi connectivity index (χ2n) is 5.93. The number of carbonyl (C=O) groups is 2. The van der Waals surface area contributed by atoms with Crippen molar-refractivity contribution >= 4 is 17.5 Å². The molecule has 0 aliphatic carbocycles. The first-order chi connectivity index (χ1) is 12.4. The number of non-ortho nitro benzene ring substituents is 1. The monoisotopic (exact) mass is 359 g/mol. The lowest BCUT2D eigenvalue weighted by Gasteiger charge is -2.14. The number of nitrogens with one attached hydrogen (secondary N) is 2. The average Bonchev–Trinajstić information content (AvgIpc) is 3.03. The molecule has 1 aromatic carbocycles. The molecule has 9 nitrogen and oxygen atoms in total. The molecule has 1 atom stereocenters. The van der Waals surface area contributed by atoms with E-state index in [0.29, 0.717) is 19.5 Å². The molecule has 0 fully saturated rings. The van der Waals surface area contributed by atoms with Crippen LogP contribution in [0.4, 0.5) is 5.69 Å². The van der Waals surface area contributed by atoms with E-state index < -0.39 is 16.9 Å². The van der Waals surface area contributed by atoms with Gasteiger partial charge in [0, 0.05) is 37.0 Å². The number of hydrogen-bond donors (Lipinski definition) is 2. The van der Waals surface area contributed by atoms with Crippen molar-refractivity contribution < 1.29 is 14.5 Å². The summed E-state index contributed by atoms with van der Waals surface area (Å²) in [6.07, 6.45) is 4.40. The van der Waals surface area contributed by atoms with Crippen LogP contribution in [0.1, 0.15) is 29.3 Å². The number of nitro groups is 1. The van der Waals surface area contributed by atoms with Gasteiger partial charge in [0.05, 0.1) is 11.1 Å². The molecule has 0 spiro atoms. The third kappa shape index (κ3) is 5.40. The predicted octanol–water partition coefficient (Wildman–Crippen LogP) is 1.42. The molecule has 2 rings (SSSR count). The van der Waals surface area contributed by atoms with Gasteiger partial charge in [-0.1, -0.05) is 6.07 Å². The number of aromatic nitrogens is 2. The summed E-state index contributed by atoms with van der Waals surface area (Å²) in [5.74, 6) is -0.858. The van der Waals surface area contributed by atoms with Gasteiger partial charge in [-0.25, -0.2) is 0 Å². The van der Waals surface area contributed by atoms with E-state index in [2.05, 4.69) is 15.7 Å². The van der Waals surface area contributed by atoms with Crippen molar-refractivity contribution in [1.29, 1.82) is 0 Å². The summed E-state index contributed by atoms with van der Waals surface area (Å²) >= 11 is 0. The average molecular weight is 359 g/mol. The van der Waals surface area contributed by atoms with Crippen molar-refractivity contribution in [3.8, 4) is 0 Å². The van der Waals surface area contributed by atoms with E-state index in [1.54, 1.807) is 17.8 Å².